The van der Waals surface area contributed by atoms with Crippen molar-refractivity contribution in [1.82, 2.24) is 0 Å². The Labute approximate surface area is 160 Å². The van der Waals surface area contributed by atoms with Gasteiger partial charge in [-0.3, -0.25) is 0 Å². The molecule has 3 rings (SSSR count). The largest absolute Gasteiger partial charge is 0.491 e. The lowest BCUT2D eigenvalue weighted by Gasteiger charge is -2.34. The summed E-state index contributed by atoms with van der Waals surface area (Å²) in [4.78, 5) is 3.73. The van der Waals surface area contributed by atoms with Gasteiger partial charge in [0.25, 0.3) is 0 Å². The number of rotatable bonds is 7. The Balaban J connectivity index is 1.43. The first kappa shape index (κ1) is 19.0. The smallest absolute Gasteiger partial charge is 0.137 e. The third kappa shape index (κ3) is 5.13. The Morgan fingerprint density at radius 1 is 1.15 bits per heavy atom. The van der Waals surface area contributed by atoms with Crippen molar-refractivity contribution in [2.75, 3.05) is 44.2 Å². The Hall–Kier alpha value is -1.75. The van der Waals surface area contributed by atoms with Crippen LogP contribution in [-0.2, 0) is 6.42 Å². The molecular weight excluding hydrogens is 348 g/mol. The maximum Gasteiger partial charge on any atom is 0.137 e. The van der Waals surface area contributed by atoms with Gasteiger partial charge in [0.05, 0.1) is 36.9 Å². The molecule has 140 valence electrons. The fourth-order valence-corrected chi connectivity index (χ4v) is 3.67. The maximum atomic E-state index is 10.3. The molecule has 1 heterocycles. The molecule has 0 aromatic heterocycles. The number of aryl methyl sites for hydroxylation is 1. The average Bonchev–Trinajstić information content (AvgIpc) is 2.68. The van der Waals surface area contributed by atoms with Gasteiger partial charge >= 0.3 is 0 Å². The van der Waals surface area contributed by atoms with E-state index < -0.39 is 6.10 Å². The van der Waals surface area contributed by atoms with E-state index in [0.717, 1.165) is 49.1 Å². The van der Waals surface area contributed by atoms with E-state index in [2.05, 4.69) is 24.0 Å². The number of hydrogen-bond acceptors (Lipinski definition) is 3. The van der Waals surface area contributed by atoms with E-state index in [4.69, 9.17) is 16.3 Å². The summed E-state index contributed by atoms with van der Waals surface area (Å²) in [7, 11) is 0. The van der Waals surface area contributed by atoms with Gasteiger partial charge in [0, 0.05) is 0 Å². The zero-order valence-corrected chi connectivity index (χ0v) is 16.1. The second-order valence-corrected chi connectivity index (χ2v) is 7.27. The van der Waals surface area contributed by atoms with Crippen molar-refractivity contribution in [3.05, 3.63) is 59.1 Å². The Morgan fingerprint density at radius 2 is 1.92 bits per heavy atom. The molecular formula is C21H28ClN2O2+. The molecule has 5 heteroatoms. The molecule has 4 nitrogen and oxygen atoms in total. The van der Waals surface area contributed by atoms with E-state index in [9.17, 15) is 5.11 Å². The molecule has 1 atom stereocenters. The number of nitrogens with zero attached hydrogens (tertiary/aromatic N) is 1. The van der Waals surface area contributed by atoms with Gasteiger partial charge in [-0.05, 0) is 36.2 Å². The molecule has 1 aliphatic rings. The monoisotopic (exact) mass is 375 g/mol. The minimum atomic E-state index is -0.456. The zero-order valence-electron chi connectivity index (χ0n) is 15.3. The third-order valence-electron chi connectivity index (χ3n) is 4.94. The molecule has 2 N–H and O–H groups in total. The van der Waals surface area contributed by atoms with Crippen LogP contribution in [0.5, 0.6) is 5.75 Å². The lowest BCUT2D eigenvalue weighted by Crippen LogP contribution is -3.16. The molecule has 0 radical (unpaired) electrons. The minimum absolute atomic E-state index is 0.338. The highest BCUT2D eigenvalue weighted by Gasteiger charge is 2.23. The average molecular weight is 376 g/mol. The van der Waals surface area contributed by atoms with Crippen LogP contribution in [0.2, 0.25) is 5.02 Å². The molecule has 0 bridgehead atoms. The number of para-hydroxylation sites is 1. The second kappa shape index (κ2) is 9.26. The minimum Gasteiger partial charge on any atom is -0.491 e. The number of aliphatic hydroxyl groups excluding tert-OH is 1. The number of benzene rings is 2. The van der Waals surface area contributed by atoms with Crippen LogP contribution in [0.15, 0.2) is 48.5 Å². The first-order valence-corrected chi connectivity index (χ1v) is 9.76. The molecule has 0 unspecified atom stereocenters. The van der Waals surface area contributed by atoms with E-state index in [1.165, 1.54) is 10.5 Å². The molecule has 26 heavy (non-hydrogen) atoms. The van der Waals surface area contributed by atoms with Crippen LogP contribution in [0.3, 0.4) is 0 Å². The molecule has 1 aliphatic heterocycles. The van der Waals surface area contributed by atoms with Gasteiger partial charge in [-0.2, -0.15) is 0 Å². The summed E-state index contributed by atoms with van der Waals surface area (Å²) >= 11 is 6.29. The maximum absolute atomic E-state index is 10.3. The fourth-order valence-electron chi connectivity index (χ4n) is 3.42. The molecule has 0 spiro atoms. The van der Waals surface area contributed by atoms with E-state index in [0.29, 0.717) is 13.2 Å². The number of ether oxygens (including phenoxy) is 1. The summed E-state index contributed by atoms with van der Waals surface area (Å²) < 4.78 is 5.77. The van der Waals surface area contributed by atoms with Gasteiger partial charge in [-0.15, -0.1) is 0 Å². The summed E-state index contributed by atoms with van der Waals surface area (Å²) in [6, 6.07) is 16.1. The standard InChI is InChI=1S/C21H27ClN2O2/c1-2-17-6-5-7-19(14-17)26-16-18(25)15-23-10-12-24(13-11-23)21-9-4-3-8-20(21)22/h3-9,14,18,25H,2,10-13,15-16H2,1H3/p+1/t18-/m0/s1. The summed E-state index contributed by atoms with van der Waals surface area (Å²) in [5.74, 6) is 0.835. The van der Waals surface area contributed by atoms with Crippen molar-refractivity contribution in [3.8, 4) is 5.75 Å². The molecule has 0 saturated carbocycles. The second-order valence-electron chi connectivity index (χ2n) is 6.86. The molecule has 0 amide bonds. The van der Waals surface area contributed by atoms with Gasteiger partial charge in [0.2, 0.25) is 0 Å². The quantitative estimate of drug-likeness (QED) is 0.777. The third-order valence-corrected chi connectivity index (χ3v) is 5.26. The SMILES string of the molecule is CCc1cccc(OC[C@@H](O)C[NH+]2CCN(c3ccccc3Cl)CC2)c1. The van der Waals surface area contributed by atoms with E-state index in [-0.39, 0.29) is 0 Å². The molecule has 2 aromatic carbocycles. The predicted molar refractivity (Wildman–Crippen MR) is 107 cm³/mol. The van der Waals surface area contributed by atoms with Gasteiger partial charge in [-0.1, -0.05) is 42.8 Å². The van der Waals surface area contributed by atoms with Crippen LogP contribution >= 0.6 is 11.6 Å². The highest BCUT2D eigenvalue weighted by Crippen LogP contribution is 2.24. The number of aliphatic hydroxyl groups is 1. The fraction of sp³-hybridized carbons (Fsp3) is 0.429. The zero-order chi connectivity index (χ0) is 18.4. The first-order valence-electron chi connectivity index (χ1n) is 9.38. The Bertz CT molecular complexity index is 702. The van der Waals surface area contributed by atoms with Crippen molar-refractivity contribution in [2.24, 2.45) is 0 Å². The van der Waals surface area contributed by atoms with Gasteiger partial charge in [0.15, 0.2) is 0 Å². The van der Waals surface area contributed by atoms with Gasteiger partial charge in [0.1, 0.15) is 25.0 Å². The summed E-state index contributed by atoms with van der Waals surface area (Å²) in [6.45, 7) is 7.06. The molecule has 2 aromatic rings. The number of anilines is 1. The van der Waals surface area contributed by atoms with Crippen molar-refractivity contribution < 1.29 is 14.7 Å². The van der Waals surface area contributed by atoms with Crippen molar-refractivity contribution in [1.29, 1.82) is 0 Å². The van der Waals surface area contributed by atoms with Crippen LogP contribution in [0.25, 0.3) is 0 Å². The van der Waals surface area contributed by atoms with Crippen molar-refractivity contribution in [2.45, 2.75) is 19.4 Å². The van der Waals surface area contributed by atoms with Crippen LogP contribution in [0.4, 0.5) is 5.69 Å². The number of nitrogens with one attached hydrogen (secondary N) is 1. The Kier molecular flexibility index (Phi) is 6.78. The number of hydrogen-bond donors (Lipinski definition) is 2. The van der Waals surface area contributed by atoms with Crippen LogP contribution in [-0.4, -0.2) is 50.5 Å². The van der Waals surface area contributed by atoms with E-state index in [1.807, 2.05) is 36.4 Å². The topological polar surface area (TPSA) is 37.1 Å². The van der Waals surface area contributed by atoms with Crippen molar-refractivity contribution >= 4 is 17.3 Å². The van der Waals surface area contributed by atoms with Gasteiger partial charge < -0.3 is 19.6 Å². The summed E-state index contributed by atoms with van der Waals surface area (Å²) in [5.41, 5.74) is 2.35. The highest BCUT2D eigenvalue weighted by molar-refractivity contribution is 6.33. The van der Waals surface area contributed by atoms with Crippen LogP contribution in [0, 0.1) is 0 Å². The lowest BCUT2D eigenvalue weighted by molar-refractivity contribution is -0.903. The number of halogens is 1. The van der Waals surface area contributed by atoms with E-state index >= 15 is 0 Å². The highest BCUT2D eigenvalue weighted by atomic mass is 35.5. The normalized spacial score (nSPS) is 16.5. The van der Waals surface area contributed by atoms with Gasteiger partial charge in [-0.25, -0.2) is 0 Å². The summed E-state index contributed by atoms with van der Waals surface area (Å²) in [6.07, 6.45) is 0.529. The predicted octanol–water partition coefficient (Wildman–Crippen LogP) is 2.05. The van der Waals surface area contributed by atoms with Crippen LogP contribution in [0.1, 0.15) is 12.5 Å². The number of piperazine rings is 1. The van der Waals surface area contributed by atoms with Crippen LogP contribution < -0.4 is 14.5 Å². The molecule has 0 aliphatic carbocycles. The number of quaternary nitrogens is 1. The first-order chi connectivity index (χ1) is 12.7. The van der Waals surface area contributed by atoms with E-state index in [1.54, 1.807) is 0 Å². The van der Waals surface area contributed by atoms with Crippen molar-refractivity contribution in [3.63, 3.8) is 0 Å². The summed E-state index contributed by atoms with van der Waals surface area (Å²) in [5, 5.41) is 11.1. The lowest BCUT2D eigenvalue weighted by atomic mass is 10.2. The molecule has 1 saturated heterocycles. The molecule has 1 fully saturated rings. The Morgan fingerprint density at radius 3 is 2.65 bits per heavy atom.